The highest BCUT2D eigenvalue weighted by molar-refractivity contribution is 5.30. The van der Waals surface area contributed by atoms with E-state index in [2.05, 4.69) is 4.98 Å². The van der Waals surface area contributed by atoms with Gasteiger partial charge in [0.05, 0.1) is 31.4 Å². The van der Waals surface area contributed by atoms with Crippen LogP contribution < -0.4 is 4.74 Å². The molecule has 1 N–H and O–H groups in total. The molecule has 102 valence electrons. The lowest BCUT2D eigenvalue weighted by Crippen LogP contribution is -2.08. The lowest BCUT2D eigenvalue weighted by Gasteiger charge is -2.13. The summed E-state index contributed by atoms with van der Waals surface area (Å²) in [6.45, 7) is 2.72. The van der Waals surface area contributed by atoms with Gasteiger partial charge < -0.3 is 14.4 Å². The first-order chi connectivity index (χ1) is 9.15. The Hall–Kier alpha value is -1.88. The predicted molar refractivity (Wildman–Crippen MR) is 69.5 cm³/mol. The smallest absolute Gasteiger partial charge is 0.165 e. The molecule has 2 aromatic rings. The van der Waals surface area contributed by atoms with Crippen LogP contribution in [-0.2, 0) is 13.0 Å². The average Bonchev–Trinajstić information content (AvgIpc) is 2.87. The van der Waals surface area contributed by atoms with Gasteiger partial charge in [-0.25, -0.2) is 9.37 Å². The van der Waals surface area contributed by atoms with Gasteiger partial charge in [0, 0.05) is 13.0 Å². The molecule has 1 aromatic carbocycles. The van der Waals surface area contributed by atoms with Crippen molar-refractivity contribution in [1.29, 1.82) is 0 Å². The number of aliphatic hydroxyl groups is 1. The van der Waals surface area contributed by atoms with Gasteiger partial charge >= 0.3 is 0 Å². The zero-order valence-electron chi connectivity index (χ0n) is 11.0. The maximum atomic E-state index is 13.6. The maximum Gasteiger partial charge on any atom is 0.165 e. The summed E-state index contributed by atoms with van der Waals surface area (Å²) in [5.41, 5.74) is 1.45. The van der Waals surface area contributed by atoms with Crippen LogP contribution in [0.15, 0.2) is 30.7 Å². The summed E-state index contributed by atoms with van der Waals surface area (Å²) in [5, 5.41) is 10.2. The summed E-state index contributed by atoms with van der Waals surface area (Å²) in [6, 6.07) is 4.70. The van der Waals surface area contributed by atoms with E-state index in [1.807, 2.05) is 11.5 Å². The van der Waals surface area contributed by atoms with Crippen molar-refractivity contribution in [2.45, 2.75) is 26.0 Å². The van der Waals surface area contributed by atoms with Crippen molar-refractivity contribution in [3.63, 3.8) is 0 Å². The van der Waals surface area contributed by atoms with Crippen molar-refractivity contribution < 1.29 is 14.2 Å². The van der Waals surface area contributed by atoms with Crippen molar-refractivity contribution in [1.82, 2.24) is 9.55 Å². The van der Waals surface area contributed by atoms with Crippen molar-refractivity contribution in [2.24, 2.45) is 0 Å². The number of benzene rings is 1. The molecular weight excluding hydrogens is 247 g/mol. The van der Waals surface area contributed by atoms with Crippen LogP contribution in [0.1, 0.15) is 24.3 Å². The fraction of sp³-hybridized carbons (Fsp3) is 0.357. The number of hydrogen-bond acceptors (Lipinski definition) is 3. The Morgan fingerprint density at radius 1 is 1.47 bits per heavy atom. The standard InChI is InChI=1S/C14H17FN2O2/c1-3-17-9-16-8-12(17)13(18)7-10-4-5-14(19-2)11(15)6-10/h4-6,8-9,13,18H,3,7H2,1-2H3. The maximum absolute atomic E-state index is 13.6. The van der Waals surface area contributed by atoms with Crippen molar-refractivity contribution in [3.8, 4) is 5.75 Å². The Kier molecular flexibility index (Phi) is 4.16. The van der Waals surface area contributed by atoms with E-state index in [0.717, 1.165) is 17.8 Å². The van der Waals surface area contributed by atoms with Gasteiger partial charge in [-0.3, -0.25) is 0 Å². The highest BCUT2D eigenvalue weighted by Crippen LogP contribution is 2.22. The van der Waals surface area contributed by atoms with E-state index in [4.69, 9.17) is 4.74 Å². The molecule has 0 bridgehead atoms. The monoisotopic (exact) mass is 264 g/mol. The summed E-state index contributed by atoms with van der Waals surface area (Å²) >= 11 is 0. The van der Waals surface area contributed by atoms with Gasteiger partial charge in [-0.05, 0) is 24.6 Å². The van der Waals surface area contributed by atoms with Crippen LogP contribution in [0.25, 0.3) is 0 Å². The van der Waals surface area contributed by atoms with Crippen molar-refractivity contribution in [2.75, 3.05) is 7.11 Å². The fourth-order valence-corrected chi connectivity index (χ4v) is 2.04. The summed E-state index contributed by atoms with van der Waals surface area (Å²) in [4.78, 5) is 4.01. The molecule has 0 aliphatic carbocycles. The molecule has 5 heteroatoms. The second kappa shape index (κ2) is 5.84. The van der Waals surface area contributed by atoms with E-state index in [0.29, 0.717) is 6.42 Å². The third-order valence-electron chi connectivity index (χ3n) is 3.07. The molecule has 1 aromatic heterocycles. The van der Waals surface area contributed by atoms with Gasteiger partial charge in [-0.15, -0.1) is 0 Å². The number of methoxy groups -OCH3 is 1. The van der Waals surface area contributed by atoms with Crippen LogP contribution in [0.5, 0.6) is 5.75 Å². The Bertz CT molecular complexity index is 554. The highest BCUT2D eigenvalue weighted by Gasteiger charge is 2.14. The van der Waals surface area contributed by atoms with Crippen LogP contribution in [0.4, 0.5) is 4.39 Å². The molecule has 1 unspecified atom stereocenters. The summed E-state index contributed by atoms with van der Waals surface area (Å²) < 4.78 is 20.3. The summed E-state index contributed by atoms with van der Waals surface area (Å²) in [5.74, 6) is -0.215. The number of nitrogens with zero attached hydrogens (tertiary/aromatic N) is 2. The number of aromatic nitrogens is 2. The molecule has 0 aliphatic rings. The first-order valence-electron chi connectivity index (χ1n) is 6.16. The highest BCUT2D eigenvalue weighted by atomic mass is 19.1. The van der Waals surface area contributed by atoms with Crippen LogP contribution in [0.2, 0.25) is 0 Å². The quantitative estimate of drug-likeness (QED) is 0.901. The van der Waals surface area contributed by atoms with Gasteiger partial charge in [0.1, 0.15) is 0 Å². The van der Waals surface area contributed by atoms with E-state index < -0.39 is 11.9 Å². The zero-order chi connectivity index (χ0) is 13.8. The molecule has 0 spiro atoms. The van der Waals surface area contributed by atoms with Gasteiger partial charge in [-0.2, -0.15) is 0 Å². The van der Waals surface area contributed by atoms with Crippen LogP contribution in [0.3, 0.4) is 0 Å². The first kappa shape index (κ1) is 13.5. The van der Waals surface area contributed by atoms with Gasteiger partial charge in [0.25, 0.3) is 0 Å². The number of aliphatic hydroxyl groups excluding tert-OH is 1. The molecule has 0 radical (unpaired) electrons. The second-order valence-electron chi connectivity index (χ2n) is 4.29. The minimum atomic E-state index is -0.699. The van der Waals surface area contributed by atoms with Crippen LogP contribution in [-0.4, -0.2) is 21.8 Å². The largest absolute Gasteiger partial charge is 0.494 e. The lowest BCUT2D eigenvalue weighted by atomic mass is 10.1. The van der Waals surface area contributed by atoms with Crippen molar-refractivity contribution >= 4 is 0 Å². The zero-order valence-corrected chi connectivity index (χ0v) is 11.0. The lowest BCUT2D eigenvalue weighted by molar-refractivity contribution is 0.169. The Morgan fingerprint density at radius 3 is 2.89 bits per heavy atom. The van der Waals surface area contributed by atoms with Gasteiger partial charge in [0.2, 0.25) is 0 Å². The minimum absolute atomic E-state index is 0.205. The number of ether oxygens (including phenoxy) is 1. The van der Waals surface area contributed by atoms with Gasteiger partial charge in [-0.1, -0.05) is 6.07 Å². The summed E-state index contributed by atoms with van der Waals surface area (Å²) in [6.07, 6.45) is 2.95. The molecule has 0 aliphatic heterocycles. The predicted octanol–water partition coefficient (Wildman–Crippen LogP) is 2.33. The molecule has 0 saturated carbocycles. The minimum Gasteiger partial charge on any atom is -0.494 e. The number of aryl methyl sites for hydroxylation is 1. The first-order valence-corrected chi connectivity index (χ1v) is 6.16. The van der Waals surface area contributed by atoms with E-state index in [9.17, 15) is 9.50 Å². The molecule has 1 heterocycles. The van der Waals surface area contributed by atoms with E-state index in [1.54, 1.807) is 24.7 Å². The number of imidazole rings is 1. The Labute approximate surface area is 111 Å². The van der Waals surface area contributed by atoms with Crippen molar-refractivity contribution in [3.05, 3.63) is 47.8 Å². The fourth-order valence-electron chi connectivity index (χ4n) is 2.04. The molecule has 1 atom stereocenters. The van der Waals surface area contributed by atoms with E-state index in [-0.39, 0.29) is 5.75 Å². The number of hydrogen-bond donors (Lipinski definition) is 1. The molecule has 0 saturated heterocycles. The van der Waals surface area contributed by atoms with Crippen LogP contribution >= 0.6 is 0 Å². The third kappa shape index (κ3) is 2.93. The topological polar surface area (TPSA) is 47.3 Å². The normalized spacial score (nSPS) is 12.4. The number of rotatable bonds is 5. The Balaban J connectivity index is 2.15. The van der Waals surface area contributed by atoms with E-state index >= 15 is 0 Å². The molecule has 4 nitrogen and oxygen atoms in total. The molecular formula is C14H17FN2O2. The van der Waals surface area contributed by atoms with Gasteiger partial charge in [0.15, 0.2) is 11.6 Å². The molecule has 0 amide bonds. The third-order valence-corrected chi connectivity index (χ3v) is 3.07. The molecule has 0 fully saturated rings. The van der Waals surface area contributed by atoms with Crippen LogP contribution in [0, 0.1) is 5.82 Å². The Morgan fingerprint density at radius 2 is 2.26 bits per heavy atom. The van der Waals surface area contributed by atoms with E-state index in [1.165, 1.54) is 13.2 Å². The molecule has 19 heavy (non-hydrogen) atoms. The summed E-state index contributed by atoms with van der Waals surface area (Å²) in [7, 11) is 1.42. The average molecular weight is 264 g/mol. The number of halogens is 1. The second-order valence-corrected chi connectivity index (χ2v) is 4.29. The SMILES string of the molecule is CCn1cncc1C(O)Cc1ccc(OC)c(F)c1. The molecule has 2 rings (SSSR count).